The van der Waals surface area contributed by atoms with E-state index in [0.717, 1.165) is 0 Å². The average Bonchev–Trinajstić information content (AvgIpc) is 2.38. The first kappa shape index (κ1) is 12.8. The van der Waals surface area contributed by atoms with Crippen molar-refractivity contribution < 1.29 is 8.42 Å². The van der Waals surface area contributed by atoms with Crippen molar-refractivity contribution in [2.45, 2.75) is 0 Å². The van der Waals surface area contributed by atoms with E-state index in [1.54, 1.807) is 18.3 Å². The zero-order chi connectivity index (χ0) is 13.2. The van der Waals surface area contributed by atoms with Gasteiger partial charge in [0.25, 0.3) is 10.2 Å². The van der Waals surface area contributed by atoms with Gasteiger partial charge >= 0.3 is 0 Å². The molecule has 1 aromatic heterocycles. The lowest BCUT2D eigenvalue weighted by molar-refractivity contribution is 0.384. The first-order valence-electron chi connectivity index (χ1n) is 5.39. The fourth-order valence-electron chi connectivity index (χ4n) is 1.83. The molecule has 0 aromatic carbocycles. The Kier molecular flexibility index (Phi) is 3.47. The number of aromatic nitrogens is 1. The maximum Gasteiger partial charge on any atom is 0.277 e. The Bertz CT molecular complexity index is 572. The van der Waals surface area contributed by atoms with Crippen molar-refractivity contribution in [2.75, 3.05) is 31.1 Å². The van der Waals surface area contributed by atoms with Gasteiger partial charge in [-0.3, -0.25) is 0 Å². The van der Waals surface area contributed by atoms with Gasteiger partial charge in [-0.05, 0) is 12.1 Å². The SMILES string of the molecule is N#Cc1ccnc(N2CCN(S(N)(=O)=O)CC2)c1. The highest BCUT2D eigenvalue weighted by Crippen LogP contribution is 2.15. The Morgan fingerprint density at radius 3 is 2.56 bits per heavy atom. The Labute approximate surface area is 106 Å². The monoisotopic (exact) mass is 267 g/mol. The lowest BCUT2D eigenvalue weighted by Crippen LogP contribution is -2.50. The van der Waals surface area contributed by atoms with Crippen LogP contribution in [0.25, 0.3) is 0 Å². The predicted octanol–water partition coefficient (Wildman–Crippen LogP) is -0.721. The molecule has 0 aliphatic carbocycles. The van der Waals surface area contributed by atoms with Gasteiger partial charge in [-0.1, -0.05) is 0 Å². The van der Waals surface area contributed by atoms with E-state index in [1.807, 2.05) is 11.0 Å². The fourth-order valence-corrected chi connectivity index (χ4v) is 2.50. The number of anilines is 1. The number of piperazine rings is 1. The Balaban J connectivity index is 2.08. The summed E-state index contributed by atoms with van der Waals surface area (Å²) in [6, 6.07) is 5.36. The molecule has 1 saturated heterocycles. The second-order valence-corrected chi connectivity index (χ2v) is 5.49. The summed E-state index contributed by atoms with van der Waals surface area (Å²) in [5.74, 6) is 0.683. The van der Waals surface area contributed by atoms with Crippen LogP contribution in [0.2, 0.25) is 0 Å². The number of hydrogen-bond donors (Lipinski definition) is 1. The number of hydrogen-bond acceptors (Lipinski definition) is 5. The lowest BCUT2D eigenvalue weighted by Gasteiger charge is -2.33. The van der Waals surface area contributed by atoms with E-state index < -0.39 is 10.2 Å². The summed E-state index contributed by atoms with van der Waals surface area (Å²) in [5.41, 5.74) is 0.536. The lowest BCUT2D eigenvalue weighted by atomic mass is 10.2. The first-order chi connectivity index (χ1) is 8.50. The van der Waals surface area contributed by atoms with E-state index in [4.69, 9.17) is 10.4 Å². The Hall–Kier alpha value is -1.69. The number of nitrogens with zero attached hydrogens (tertiary/aromatic N) is 4. The highest BCUT2D eigenvalue weighted by molar-refractivity contribution is 7.86. The van der Waals surface area contributed by atoms with Crippen molar-refractivity contribution in [3.8, 4) is 6.07 Å². The third kappa shape index (κ3) is 2.76. The van der Waals surface area contributed by atoms with E-state index in [-0.39, 0.29) is 0 Å². The molecular formula is C10H13N5O2S. The predicted molar refractivity (Wildman–Crippen MR) is 65.8 cm³/mol. The van der Waals surface area contributed by atoms with E-state index in [9.17, 15) is 8.42 Å². The summed E-state index contributed by atoms with van der Waals surface area (Å²) in [5, 5.41) is 13.9. The van der Waals surface area contributed by atoms with Crippen LogP contribution in [0.3, 0.4) is 0 Å². The highest BCUT2D eigenvalue weighted by atomic mass is 32.2. The van der Waals surface area contributed by atoms with Crippen LogP contribution in [0.4, 0.5) is 5.82 Å². The van der Waals surface area contributed by atoms with Gasteiger partial charge in [-0.15, -0.1) is 0 Å². The van der Waals surface area contributed by atoms with Gasteiger partial charge in [0.15, 0.2) is 0 Å². The molecule has 0 radical (unpaired) electrons. The standard InChI is InChI=1S/C10H13N5O2S/c11-8-9-1-2-13-10(7-9)14-3-5-15(6-4-14)18(12,16)17/h1-2,7H,3-6H2,(H2,12,16,17). The second kappa shape index (κ2) is 4.89. The molecule has 1 aliphatic rings. The summed E-state index contributed by atoms with van der Waals surface area (Å²) in [7, 11) is -3.61. The minimum atomic E-state index is -3.61. The molecule has 0 atom stereocenters. The highest BCUT2D eigenvalue weighted by Gasteiger charge is 2.24. The van der Waals surface area contributed by atoms with E-state index >= 15 is 0 Å². The van der Waals surface area contributed by atoms with Crippen molar-refractivity contribution in [3.63, 3.8) is 0 Å². The number of rotatable bonds is 2. The number of nitriles is 1. The van der Waals surface area contributed by atoms with E-state index in [0.29, 0.717) is 37.6 Å². The quantitative estimate of drug-likeness (QED) is 0.761. The summed E-state index contributed by atoms with van der Waals surface area (Å²) < 4.78 is 23.5. The zero-order valence-electron chi connectivity index (χ0n) is 9.65. The molecule has 1 fully saturated rings. The summed E-state index contributed by atoms with van der Waals surface area (Å²) in [6.07, 6.45) is 1.57. The number of pyridine rings is 1. The molecule has 0 bridgehead atoms. The van der Waals surface area contributed by atoms with Gasteiger partial charge in [0.05, 0.1) is 11.6 Å². The van der Waals surface area contributed by atoms with Crippen LogP contribution >= 0.6 is 0 Å². The van der Waals surface area contributed by atoms with Crippen LogP contribution in [-0.2, 0) is 10.2 Å². The van der Waals surface area contributed by atoms with Crippen molar-refractivity contribution >= 4 is 16.0 Å². The Morgan fingerprint density at radius 1 is 1.33 bits per heavy atom. The molecule has 0 spiro atoms. The van der Waals surface area contributed by atoms with Gasteiger partial charge in [-0.25, -0.2) is 10.1 Å². The van der Waals surface area contributed by atoms with Crippen LogP contribution in [0.1, 0.15) is 5.56 Å². The molecule has 0 amide bonds. The van der Waals surface area contributed by atoms with Crippen molar-refractivity contribution in [3.05, 3.63) is 23.9 Å². The Morgan fingerprint density at radius 2 is 2.00 bits per heavy atom. The van der Waals surface area contributed by atoms with E-state index in [2.05, 4.69) is 4.98 Å². The third-order valence-corrected chi connectivity index (χ3v) is 3.88. The van der Waals surface area contributed by atoms with Crippen molar-refractivity contribution in [1.82, 2.24) is 9.29 Å². The summed E-state index contributed by atoms with van der Waals surface area (Å²) >= 11 is 0. The summed E-state index contributed by atoms with van der Waals surface area (Å²) in [4.78, 5) is 6.11. The largest absolute Gasteiger partial charge is 0.354 e. The third-order valence-electron chi connectivity index (χ3n) is 2.80. The average molecular weight is 267 g/mol. The molecule has 1 aromatic rings. The molecule has 0 saturated carbocycles. The van der Waals surface area contributed by atoms with Crippen LogP contribution in [-0.4, -0.2) is 43.9 Å². The van der Waals surface area contributed by atoms with Crippen molar-refractivity contribution in [1.29, 1.82) is 5.26 Å². The molecule has 96 valence electrons. The molecule has 2 N–H and O–H groups in total. The minimum Gasteiger partial charge on any atom is -0.354 e. The minimum absolute atomic E-state index is 0.331. The molecule has 2 heterocycles. The van der Waals surface area contributed by atoms with Crippen LogP contribution in [0.15, 0.2) is 18.3 Å². The smallest absolute Gasteiger partial charge is 0.277 e. The molecule has 8 heteroatoms. The van der Waals surface area contributed by atoms with Crippen LogP contribution in [0.5, 0.6) is 0 Å². The van der Waals surface area contributed by atoms with Gasteiger partial charge in [0.1, 0.15) is 5.82 Å². The van der Waals surface area contributed by atoms with Gasteiger partial charge in [0.2, 0.25) is 0 Å². The van der Waals surface area contributed by atoms with Crippen LogP contribution in [0, 0.1) is 11.3 Å². The first-order valence-corrected chi connectivity index (χ1v) is 6.90. The maximum absolute atomic E-state index is 11.2. The molecule has 18 heavy (non-hydrogen) atoms. The molecule has 7 nitrogen and oxygen atoms in total. The van der Waals surface area contributed by atoms with Crippen molar-refractivity contribution in [2.24, 2.45) is 5.14 Å². The maximum atomic E-state index is 11.2. The molecular weight excluding hydrogens is 254 g/mol. The molecule has 1 aliphatic heterocycles. The van der Waals surface area contributed by atoms with E-state index in [1.165, 1.54) is 4.31 Å². The normalized spacial score (nSPS) is 17.4. The number of nitrogens with two attached hydrogens (primary N) is 1. The topological polar surface area (TPSA) is 103 Å². The second-order valence-electron chi connectivity index (χ2n) is 3.95. The zero-order valence-corrected chi connectivity index (χ0v) is 10.5. The van der Waals surface area contributed by atoms with Gasteiger partial charge in [0, 0.05) is 32.4 Å². The fraction of sp³-hybridized carbons (Fsp3) is 0.400. The van der Waals surface area contributed by atoms with Gasteiger partial charge in [-0.2, -0.15) is 18.0 Å². The molecule has 2 rings (SSSR count). The summed E-state index contributed by atoms with van der Waals surface area (Å²) in [6.45, 7) is 1.69. The molecule has 0 unspecified atom stereocenters. The van der Waals surface area contributed by atoms with Crippen LogP contribution < -0.4 is 10.0 Å². The van der Waals surface area contributed by atoms with Gasteiger partial charge < -0.3 is 4.90 Å².